The summed E-state index contributed by atoms with van der Waals surface area (Å²) in [7, 11) is 0. The van der Waals surface area contributed by atoms with Crippen molar-refractivity contribution in [3.63, 3.8) is 0 Å². The molecule has 1 atom stereocenters. The number of carbonyl (C=O) groups is 2. The normalized spacial score (nSPS) is 12.4. The van der Waals surface area contributed by atoms with Crippen molar-refractivity contribution in [3.8, 4) is 0 Å². The topological polar surface area (TPSA) is 92.4 Å². The van der Waals surface area contributed by atoms with E-state index in [4.69, 9.17) is 10.8 Å². The fraction of sp³-hybridized carbons (Fsp3) is 0.176. The second-order valence-corrected chi connectivity index (χ2v) is 5.40. The van der Waals surface area contributed by atoms with Crippen LogP contribution in [-0.4, -0.2) is 17.0 Å². The Balaban J connectivity index is 2.28. The molecule has 0 aliphatic carbocycles. The van der Waals surface area contributed by atoms with E-state index in [1.54, 1.807) is 24.3 Å². The summed E-state index contributed by atoms with van der Waals surface area (Å²) in [4.78, 5) is 22.3. The number of carboxylic acid groups (broad SMARTS) is 1. The number of benzene rings is 2. The van der Waals surface area contributed by atoms with Crippen LogP contribution in [0.1, 0.15) is 22.7 Å². The van der Waals surface area contributed by atoms with Crippen LogP contribution in [0.25, 0.3) is 0 Å². The molecule has 0 radical (unpaired) electrons. The molecule has 5 nitrogen and oxygen atoms in total. The van der Waals surface area contributed by atoms with Crippen molar-refractivity contribution >= 4 is 17.6 Å². The molecule has 8 heteroatoms. The Morgan fingerprint density at radius 2 is 1.60 bits per heavy atom. The zero-order valence-corrected chi connectivity index (χ0v) is 12.9. The van der Waals surface area contributed by atoms with Crippen LogP contribution >= 0.6 is 0 Å². The van der Waals surface area contributed by atoms with Crippen LogP contribution in [0.4, 0.5) is 18.9 Å². The molecule has 132 valence electrons. The number of alkyl halides is 3. The lowest BCUT2D eigenvalue weighted by Gasteiger charge is -2.19. The number of anilines is 1. The summed E-state index contributed by atoms with van der Waals surface area (Å²) < 4.78 is 38.0. The molecule has 0 heterocycles. The summed E-state index contributed by atoms with van der Waals surface area (Å²) in [5.41, 5.74) is 6.40. The van der Waals surface area contributed by atoms with Gasteiger partial charge in [0.25, 0.3) is 0 Å². The van der Waals surface area contributed by atoms with Gasteiger partial charge in [-0.15, -0.1) is 0 Å². The first-order valence-corrected chi connectivity index (χ1v) is 7.22. The van der Waals surface area contributed by atoms with Gasteiger partial charge in [-0.25, -0.2) is 4.79 Å². The maximum Gasteiger partial charge on any atom is 0.416 e. The van der Waals surface area contributed by atoms with Gasteiger partial charge in [0.2, 0.25) is 0 Å². The Hall–Kier alpha value is -3.03. The van der Waals surface area contributed by atoms with Crippen LogP contribution in [0, 0.1) is 0 Å². The van der Waals surface area contributed by atoms with Gasteiger partial charge in [0, 0.05) is 5.69 Å². The van der Waals surface area contributed by atoms with Crippen molar-refractivity contribution in [2.24, 2.45) is 0 Å². The number of carboxylic acids is 1. The number of nitrogen functional groups attached to an aromatic ring is 1. The highest BCUT2D eigenvalue weighted by molar-refractivity contribution is 6.31. The van der Waals surface area contributed by atoms with Crippen LogP contribution in [0.3, 0.4) is 0 Å². The Morgan fingerprint density at radius 1 is 1.04 bits per heavy atom. The number of carbonyl (C=O) groups excluding carboxylic acids is 1. The van der Waals surface area contributed by atoms with Crippen LogP contribution in [0.5, 0.6) is 0 Å². The second kappa shape index (κ2) is 7.25. The molecule has 25 heavy (non-hydrogen) atoms. The first-order valence-electron chi connectivity index (χ1n) is 7.22. The molecule has 2 aromatic carbocycles. The Morgan fingerprint density at radius 3 is 2.08 bits per heavy atom. The van der Waals surface area contributed by atoms with E-state index in [1.807, 2.05) is 0 Å². The minimum atomic E-state index is -4.48. The van der Waals surface area contributed by atoms with E-state index in [-0.39, 0.29) is 6.42 Å². The fourth-order valence-corrected chi connectivity index (χ4v) is 2.27. The Kier molecular flexibility index (Phi) is 5.31. The molecule has 4 N–H and O–H groups in total. The molecule has 0 aliphatic rings. The van der Waals surface area contributed by atoms with E-state index in [0.717, 1.165) is 17.7 Å². The van der Waals surface area contributed by atoms with Crippen LogP contribution in [0.2, 0.25) is 0 Å². The molecule has 0 aromatic heterocycles. The third-order valence-corrected chi connectivity index (χ3v) is 3.56. The smallest absolute Gasteiger partial charge is 0.416 e. The molecule has 0 fully saturated rings. The lowest BCUT2D eigenvalue weighted by molar-refractivity contribution is -0.150. The van der Waals surface area contributed by atoms with Crippen molar-refractivity contribution in [1.82, 2.24) is 5.32 Å². The number of halogens is 3. The maximum absolute atomic E-state index is 12.7. The largest absolute Gasteiger partial charge is 0.474 e. The Labute approximate surface area is 141 Å². The van der Waals surface area contributed by atoms with Gasteiger partial charge in [-0.3, -0.25) is 4.79 Å². The van der Waals surface area contributed by atoms with Gasteiger partial charge in [0.1, 0.15) is 0 Å². The lowest BCUT2D eigenvalue weighted by atomic mass is 9.97. The van der Waals surface area contributed by atoms with E-state index in [2.05, 4.69) is 5.32 Å². The Bertz CT molecular complexity index is 756. The second-order valence-electron chi connectivity index (χ2n) is 5.40. The number of nitrogens with one attached hydrogen (secondary N) is 1. The highest BCUT2D eigenvalue weighted by Crippen LogP contribution is 2.30. The fourth-order valence-electron chi connectivity index (χ4n) is 2.27. The predicted molar refractivity (Wildman–Crippen MR) is 84.5 cm³/mol. The number of amides is 1. The van der Waals surface area contributed by atoms with Crippen molar-refractivity contribution in [1.29, 1.82) is 0 Å². The molecule has 0 spiro atoms. The van der Waals surface area contributed by atoms with E-state index < -0.39 is 29.7 Å². The van der Waals surface area contributed by atoms with Crippen molar-refractivity contribution < 1.29 is 27.9 Å². The average molecular weight is 352 g/mol. The molecule has 2 rings (SSSR count). The summed E-state index contributed by atoms with van der Waals surface area (Å²) in [5.74, 6) is -2.91. The lowest BCUT2D eigenvalue weighted by Crippen LogP contribution is -2.35. The minimum absolute atomic E-state index is 0.199. The van der Waals surface area contributed by atoms with Gasteiger partial charge >= 0.3 is 18.1 Å². The van der Waals surface area contributed by atoms with Crippen LogP contribution in [0.15, 0.2) is 48.5 Å². The summed E-state index contributed by atoms with van der Waals surface area (Å²) >= 11 is 0. The van der Waals surface area contributed by atoms with E-state index in [0.29, 0.717) is 11.3 Å². The van der Waals surface area contributed by atoms with E-state index in [9.17, 15) is 22.8 Å². The molecule has 0 saturated heterocycles. The summed E-state index contributed by atoms with van der Waals surface area (Å²) in [6.45, 7) is 0. The third kappa shape index (κ3) is 4.97. The quantitative estimate of drug-likeness (QED) is 0.583. The standard InChI is InChI=1S/C17H15F3N2O3/c18-17(19,20)12-5-3-11(4-6-12)14(22-15(23)16(24)25)9-10-1-7-13(21)8-2-10/h1-8,14H,9,21H2,(H,22,23)(H,24,25). The molecule has 1 amide bonds. The van der Waals surface area contributed by atoms with Gasteiger partial charge in [-0.1, -0.05) is 24.3 Å². The van der Waals surface area contributed by atoms with Crippen LogP contribution < -0.4 is 11.1 Å². The highest BCUT2D eigenvalue weighted by atomic mass is 19.4. The van der Waals surface area contributed by atoms with Gasteiger partial charge in [0.05, 0.1) is 11.6 Å². The van der Waals surface area contributed by atoms with Gasteiger partial charge < -0.3 is 16.2 Å². The van der Waals surface area contributed by atoms with E-state index >= 15 is 0 Å². The molecular formula is C17H15F3N2O3. The van der Waals surface area contributed by atoms with E-state index in [1.165, 1.54) is 12.1 Å². The molecule has 1 unspecified atom stereocenters. The van der Waals surface area contributed by atoms with Gasteiger partial charge in [-0.2, -0.15) is 13.2 Å². The zero-order chi connectivity index (χ0) is 18.6. The minimum Gasteiger partial charge on any atom is -0.474 e. The van der Waals surface area contributed by atoms with Crippen LogP contribution in [-0.2, 0) is 22.2 Å². The predicted octanol–water partition coefficient (Wildman–Crippen LogP) is 2.77. The number of hydrogen-bond acceptors (Lipinski definition) is 3. The molecular weight excluding hydrogens is 337 g/mol. The summed E-state index contributed by atoms with van der Waals surface area (Å²) in [6.07, 6.45) is -4.28. The third-order valence-electron chi connectivity index (χ3n) is 3.56. The van der Waals surface area contributed by atoms with Crippen molar-refractivity contribution in [3.05, 3.63) is 65.2 Å². The number of aliphatic carboxylic acids is 1. The zero-order valence-electron chi connectivity index (χ0n) is 12.9. The number of nitrogens with two attached hydrogens (primary N) is 1. The molecule has 2 aromatic rings. The first-order chi connectivity index (χ1) is 11.7. The van der Waals surface area contributed by atoms with Crippen molar-refractivity contribution in [2.45, 2.75) is 18.6 Å². The average Bonchev–Trinajstić information content (AvgIpc) is 2.55. The SMILES string of the molecule is Nc1ccc(CC(NC(=O)C(=O)O)c2ccc(C(F)(F)F)cc2)cc1. The first kappa shape index (κ1) is 18.3. The van der Waals surface area contributed by atoms with Crippen molar-refractivity contribution in [2.75, 3.05) is 5.73 Å². The maximum atomic E-state index is 12.7. The molecule has 0 bridgehead atoms. The number of hydrogen-bond donors (Lipinski definition) is 3. The summed E-state index contributed by atoms with van der Waals surface area (Å²) in [6, 6.07) is 10.1. The highest BCUT2D eigenvalue weighted by Gasteiger charge is 2.30. The number of rotatable bonds is 4. The monoisotopic (exact) mass is 352 g/mol. The summed E-state index contributed by atoms with van der Waals surface area (Å²) in [5, 5.41) is 11.1. The molecule has 0 aliphatic heterocycles. The van der Waals surface area contributed by atoms with Gasteiger partial charge in [0.15, 0.2) is 0 Å². The van der Waals surface area contributed by atoms with Gasteiger partial charge in [-0.05, 0) is 41.8 Å². The molecule has 0 saturated carbocycles.